The van der Waals surface area contributed by atoms with Crippen LogP contribution in [0.15, 0.2) is 15.9 Å². The molecule has 0 aliphatic heterocycles. The van der Waals surface area contributed by atoms with E-state index in [2.05, 4.69) is 34.3 Å². The summed E-state index contributed by atoms with van der Waals surface area (Å²) in [4.78, 5) is 1.46. The molecule has 1 atom stereocenters. The van der Waals surface area contributed by atoms with E-state index in [-0.39, 0.29) is 0 Å². The van der Waals surface area contributed by atoms with Crippen molar-refractivity contribution in [3.8, 4) is 0 Å². The van der Waals surface area contributed by atoms with Crippen LogP contribution in [0, 0.1) is 5.41 Å². The minimum Gasteiger partial charge on any atom is -0.327 e. The molecule has 3 heteroatoms. The van der Waals surface area contributed by atoms with E-state index in [1.54, 1.807) is 0 Å². The highest BCUT2D eigenvalue weighted by atomic mass is 79.9. The van der Waals surface area contributed by atoms with Crippen LogP contribution < -0.4 is 5.73 Å². The zero-order valence-corrected chi connectivity index (χ0v) is 10.1. The predicted molar refractivity (Wildman–Crippen MR) is 61.0 cm³/mol. The molecule has 1 unspecified atom stereocenters. The van der Waals surface area contributed by atoms with Gasteiger partial charge in [0.1, 0.15) is 0 Å². The summed E-state index contributed by atoms with van der Waals surface area (Å²) in [5.74, 6) is 0. The third-order valence-corrected chi connectivity index (χ3v) is 4.70. The van der Waals surface area contributed by atoms with Crippen molar-refractivity contribution in [2.45, 2.75) is 32.2 Å². The second-order valence-electron chi connectivity index (χ2n) is 4.06. The monoisotopic (exact) mass is 259 g/mol. The van der Waals surface area contributed by atoms with Crippen LogP contribution in [0.25, 0.3) is 0 Å². The molecule has 1 aromatic rings. The Labute approximate surface area is 91.5 Å². The lowest BCUT2D eigenvalue weighted by Crippen LogP contribution is -2.29. The van der Waals surface area contributed by atoms with Crippen LogP contribution in [0.5, 0.6) is 0 Å². The minimum atomic E-state index is 0.341. The molecule has 0 radical (unpaired) electrons. The van der Waals surface area contributed by atoms with Gasteiger partial charge in [0.15, 0.2) is 0 Å². The van der Waals surface area contributed by atoms with E-state index in [0.717, 1.165) is 0 Å². The molecule has 1 aliphatic rings. The average Bonchev–Trinajstić information content (AvgIpc) is 2.72. The summed E-state index contributed by atoms with van der Waals surface area (Å²) in [6, 6.07) is 2.56. The zero-order valence-electron chi connectivity index (χ0n) is 7.72. The first kappa shape index (κ1) is 9.69. The summed E-state index contributed by atoms with van der Waals surface area (Å²) < 4.78 is 1.20. The van der Waals surface area contributed by atoms with E-state index >= 15 is 0 Å². The third kappa shape index (κ3) is 1.97. The van der Waals surface area contributed by atoms with Crippen LogP contribution in [0.3, 0.4) is 0 Å². The van der Waals surface area contributed by atoms with Gasteiger partial charge in [-0.3, -0.25) is 0 Å². The van der Waals surface area contributed by atoms with E-state index in [4.69, 9.17) is 5.73 Å². The van der Waals surface area contributed by atoms with Crippen molar-refractivity contribution in [3.05, 3.63) is 20.8 Å². The molecule has 72 valence electrons. The second-order valence-corrected chi connectivity index (χ2v) is 5.97. The van der Waals surface area contributed by atoms with Crippen molar-refractivity contribution in [2.24, 2.45) is 11.1 Å². The predicted octanol–water partition coefficient (Wildman–Crippen LogP) is 3.18. The molecule has 0 spiro atoms. The van der Waals surface area contributed by atoms with Gasteiger partial charge in [-0.15, -0.1) is 11.3 Å². The Morgan fingerprint density at radius 3 is 2.77 bits per heavy atom. The number of hydrogen-bond acceptors (Lipinski definition) is 2. The molecule has 0 saturated heterocycles. The normalized spacial score (nSPS) is 21.5. The standard InChI is InChI=1S/C10H14BrNS/c1-7(12)10(2-3-10)5-9-4-8(11)6-13-9/h4,6-7H,2-3,5,12H2,1H3. The quantitative estimate of drug-likeness (QED) is 0.887. The molecule has 0 amide bonds. The molecule has 1 aliphatic carbocycles. The van der Waals surface area contributed by atoms with Gasteiger partial charge in [-0.2, -0.15) is 0 Å². The molecule has 1 nitrogen and oxygen atoms in total. The SMILES string of the molecule is CC(N)C1(Cc2cc(Br)cs2)CC1. The molecule has 1 heterocycles. The fraction of sp³-hybridized carbons (Fsp3) is 0.600. The summed E-state index contributed by atoms with van der Waals surface area (Å²) in [7, 11) is 0. The van der Waals surface area contributed by atoms with E-state index < -0.39 is 0 Å². The van der Waals surface area contributed by atoms with Gasteiger partial charge in [0.25, 0.3) is 0 Å². The van der Waals surface area contributed by atoms with Crippen LogP contribution >= 0.6 is 27.3 Å². The van der Waals surface area contributed by atoms with Crippen molar-refractivity contribution in [1.29, 1.82) is 0 Å². The van der Waals surface area contributed by atoms with Crippen LogP contribution in [0.2, 0.25) is 0 Å². The van der Waals surface area contributed by atoms with Gasteiger partial charge < -0.3 is 5.73 Å². The topological polar surface area (TPSA) is 26.0 Å². The zero-order chi connectivity index (χ0) is 9.47. The molecule has 1 saturated carbocycles. The summed E-state index contributed by atoms with van der Waals surface area (Å²) >= 11 is 5.31. The molecule has 0 aromatic carbocycles. The summed E-state index contributed by atoms with van der Waals surface area (Å²) in [6.07, 6.45) is 3.78. The van der Waals surface area contributed by atoms with Gasteiger partial charge in [0.2, 0.25) is 0 Å². The van der Waals surface area contributed by atoms with E-state index in [1.165, 1.54) is 28.6 Å². The second kappa shape index (κ2) is 3.37. The number of hydrogen-bond donors (Lipinski definition) is 1. The molecular formula is C10H14BrNS. The maximum absolute atomic E-state index is 5.98. The van der Waals surface area contributed by atoms with Gasteiger partial charge in [-0.05, 0) is 53.6 Å². The first-order valence-electron chi connectivity index (χ1n) is 4.61. The third-order valence-electron chi connectivity index (χ3n) is 3.01. The molecule has 1 fully saturated rings. The highest BCUT2D eigenvalue weighted by Crippen LogP contribution is 2.51. The highest BCUT2D eigenvalue weighted by Gasteiger charge is 2.45. The van der Waals surface area contributed by atoms with Gasteiger partial charge in [-0.25, -0.2) is 0 Å². The first-order valence-corrected chi connectivity index (χ1v) is 6.28. The summed E-state index contributed by atoms with van der Waals surface area (Å²) in [5, 5.41) is 2.15. The summed E-state index contributed by atoms with van der Waals surface area (Å²) in [5.41, 5.74) is 6.42. The fourth-order valence-electron chi connectivity index (χ4n) is 1.75. The molecule has 1 aromatic heterocycles. The number of rotatable bonds is 3. The Bertz CT molecular complexity index is 302. The van der Waals surface area contributed by atoms with E-state index in [0.29, 0.717) is 11.5 Å². The molecule has 2 N–H and O–H groups in total. The molecular weight excluding hydrogens is 246 g/mol. The average molecular weight is 260 g/mol. The maximum atomic E-state index is 5.98. The largest absolute Gasteiger partial charge is 0.327 e. The first-order chi connectivity index (χ1) is 6.12. The highest BCUT2D eigenvalue weighted by molar-refractivity contribution is 9.10. The van der Waals surface area contributed by atoms with Gasteiger partial charge >= 0.3 is 0 Å². The fourth-order valence-corrected chi connectivity index (χ4v) is 3.35. The molecule has 0 bridgehead atoms. The van der Waals surface area contributed by atoms with E-state index in [9.17, 15) is 0 Å². The smallest absolute Gasteiger partial charge is 0.0285 e. The lowest BCUT2D eigenvalue weighted by atomic mass is 9.94. The van der Waals surface area contributed by atoms with Crippen LogP contribution in [0.4, 0.5) is 0 Å². The molecule has 13 heavy (non-hydrogen) atoms. The Hall–Kier alpha value is 0.140. The molecule has 2 rings (SSSR count). The Kier molecular flexibility index (Phi) is 2.51. The van der Waals surface area contributed by atoms with E-state index in [1.807, 2.05) is 11.3 Å². The number of halogens is 1. The number of nitrogens with two attached hydrogens (primary N) is 1. The maximum Gasteiger partial charge on any atom is 0.0285 e. The lowest BCUT2D eigenvalue weighted by Gasteiger charge is -2.18. The lowest BCUT2D eigenvalue weighted by molar-refractivity contribution is 0.421. The summed E-state index contributed by atoms with van der Waals surface area (Å²) in [6.45, 7) is 2.13. The Morgan fingerprint density at radius 2 is 2.38 bits per heavy atom. The Morgan fingerprint density at radius 1 is 1.69 bits per heavy atom. The van der Waals surface area contributed by atoms with Crippen LogP contribution in [-0.4, -0.2) is 6.04 Å². The van der Waals surface area contributed by atoms with Crippen molar-refractivity contribution in [2.75, 3.05) is 0 Å². The minimum absolute atomic E-state index is 0.341. The van der Waals surface area contributed by atoms with Crippen LogP contribution in [-0.2, 0) is 6.42 Å². The van der Waals surface area contributed by atoms with Gasteiger partial charge in [0.05, 0.1) is 0 Å². The van der Waals surface area contributed by atoms with Crippen molar-refractivity contribution in [3.63, 3.8) is 0 Å². The van der Waals surface area contributed by atoms with Gasteiger partial charge in [-0.1, -0.05) is 0 Å². The van der Waals surface area contributed by atoms with Crippen molar-refractivity contribution in [1.82, 2.24) is 0 Å². The Balaban J connectivity index is 2.06. The number of thiophene rings is 1. The van der Waals surface area contributed by atoms with Crippen molar-refractivity contribution < 1.29 is 0 Å². The van der Waals surface area contributed by atoms with Crippen molar-refractivity contribution >= 4 is 27.3 Å². The van der Waals surface area contributed by atoms with Crippen LogP contribution in [0.1, 0.15) is 24.6 Å². The van der Waals surface area contributed by atoms with Gasteiger partial charge in [0, 0.05) is 20.8 Å².